The van der Waals surface area contributed by atoms with E-state index in [9.17, 15) is 9.59 Å². The van der Waals surface area contributed by atoms with E-state index in [1.165, 1.54) is 28.8 Å². The van der Waals surface area contributed by atoms with Crippen LogP contribution in [0.4, 0.5) is 11.4 Å². The van der Waals surface area contributed by atoms with Crippen molar-refractivity contribution in [3.05, 3.63) is 77.4 Å². The van der Waals surface area contributed by atoms with Gasteiger partial charge in [-0.3, -0.25) is 9.59 Å². The molecular formula is C27H26N2O2. The Kier molecular flexibility index (Phi) is 4.47. The van der Waals surface area contributed by atoms with Gasteiger partial charge in [0.15, 0.2) is 5.78 Å². The van der Waals surface area contributed by atoms with Gasteiger partial charge in [0.25, 0.3) is 0 Å². The van der Waals surface area contributed by atoms with Crippen LogP contribution in [0.5, 0.6) is 0 Å². The molecule has 0 saturated carbocycles. The summed E-state index contributed by atoms with van der Waals surface area (Å²) in [7, 11) is 0. The normalized spacial score (nSPS) is 19.5. The summed E-state index contributed by atoms with van der Waals surface area (Å²) >= 11 is 0. The zero-order valence-corrected chi connectivity index (χ0v) is 18.1. The van der Waals surface area contributed by atoms with Crippen LogP contribution >= 0.6 is 0 Å². The third kappa shape index (κ3) is 3.42. The molecule has 1 heterocycles. The molecule has 1 aliphatic heterocycles. The lowest BCUT2D eigenvalue weighted by molar-refractivity contribution is -0.118. The smallest absolute Gasteiger partial charge is 0.221 e. The molecule has 1 atom stereocenters. The second kappa shape index (κ2) is 7.09. The fourth-order valence-electron chi connectivity index (χ4n) is 5.05. The van der Waals surface area contributed by atoms with Crippen LogP contribution in [0.15, 0.2) is 66.2 Å². The molecule has 4 nitrogen and oxygen atoms in total. The number of anilines is 2. The monoisotopic (exact) mass is 410 g/mol. The van der Waals surface area contributed by atoms with Crippen LogP contribution in [-0.4, -0.2) is 11.7 Å². The van der Waals surface area contributed by atoms with E-state index < -0.39 is 0 Å². The van der Waals surface area contributed by atoms with Gasteiger partial charge in [-0.2, -0.15) is 0 Å². The number of ketones is 1. The molecule has 31 heavy (non-hydrogen) atoms. The summed E-state index contributed by atoms with van der Waals surface area (Å²) in [6.45, 7) is 5.86. The van der Waals surface area contributed by atoms with Crippen molar-refractivity contribution in [3.63, 3.8) is 0 Å². The van der Waals surface area contributed by atoms with E-state index in [1.54, 1.807) is 0 Å². The molecule has 0 spiro atoms. The van der Waals surface area contributed by atoms with Gasteiger partial charge in [-0.1, -0.05) is 56.3 Å². The molecule has 0 aromatic heterocycles. The Labute approximate surface area is 182 Å². The van der Waals surface area contributed by atoms with Crippen LogP contribution in [0.1, 0.15) is 50.8 Å². The van der Waals surface area contributed by atoms with Crippen molar-refractivity contribution >= 4 is 39.4 Å². The van der Waals surface area contributed by atoms with Crippen LogP contribution in [-0.2, 0) is 9.59 Å². The quantitative estimate of drug-likeness (QED) is 0.536. The summed E-state index contributed by atoms with van der Waals surface area (Å²) in [6, 6.07) is 20.2. The topological polar surface area (TPSA) is 58.2 Å². The number of amides is 1. The molecule has 1 amide bonds. The second-order valence-corrected chi connectivity index (χ2v) is 9.42. The first kappa shape index (κ1) is 19.6. The number of Topliss-reactive ketones (excluding diaryl/α,β-unsaturated/α-hetero) is 1. The molecule has 0 fully saturated rings. The third-order valence-corrected chi connectivity index (χ3v) is 6.30. The van der Waals surface area contributed by atoms with Gasteiger partial charge in [-0.25, -0.2) is 0 Å². The van der Waals surface area contributed by atoms with E-state index in [0.717, 1.165) is 28.9 Å². The van der Waals surface area contributed by atoms with Crippen molar-refractivity contribution in [1.29, 1.82) is 0 Å². The minimum atomic E-state index is -0.196. The highest BCUT2D eigenvalue weighted by Gasteiger charge is 2.40. The maximum Gasteiger partial charge on any atom is 0.221 e. The molecule has 1 unspecified atom stereocenters. The molecule has 1 aliphatic carbocycles. The van der Waals surface area contributed by atoms with Gasteiger partial charge in [-0.15, -0.1) is 0 Å². The Balaban J connectivity index is 1.69. The van der Waals surface area contributed by atoms with E-state index in [0.29, 0.717) is 6.42 Å². The number of nitrogens with one attached hydrogen (secondary N) is 2. The van der Waals surface area contributed by atoms with E-state index in [-0.39, 0.29) is 23.1 Å². The summed E-state index contributed by atoms with van der Waals surface area (Å²) < 4.78 is 0. The maximum absolute atomic E-state index is 13.4. The largest absolute Gasteiger partial charge is 0.373 e. The first-order chi connectivity index (χ1) is 14.8. The van der Waals surface area contributed by atoms with Gasteiger partial charge in [-0.05, 0) is 51.9 Å². The van der Waals surface area contributed by atoms with Gasteiger partial charge >= 0.3 is 0 Å². The Morgan fingerprint density at radius 3 is 2.48 bits per heavy atom. The summed E-state index contributed by atoms with van der Waals surface area (Å²) in [4.78, 5) is 24.8. The minimum absolute atomic E-state index is 0.0682. The predicted octanol–water partition coefficient (Wildman–Crippen LogP) is 6.11. The zero-order valence-electron chi connectivity index (χ0n) is 18.1. The average molecular weight is 411 g/mol. The van der Waals surface area contributed by atoms with Gasteiger partial charge < -0.3 is 10.6 Å². The number of allylic oxidation sites excluding steroid dienone is 1. The molecule has 3 aromatic rings. The molecule has 2 N–H and O–H groups in total. The van der Waals surface area contributed by atoms with E-state index >= 15 is 0 Å². The Hall–Kier alpha value is -3.40. The Bertz CT molecular complexity index is 1250. The van der Waals surface area contributed by atoms with Crippen LogP contribution in [0.25, 0.3) is 16.3 Å². The van der Waals surface area contributed by atoms with Crippen LogP contribution in [0.3, 0.4) is 0 Å². The van der Waals surface area contributed by atoms with Crippen molar-refractivity contribution < 1.29 is 9.59 Å². The molecule has 0 saturated heterocycles. The summed E-state index contributed by atoms with van der Waals surface area (Å²) in [5.74, 6) is 0.118. The third-order valence-electron chi connectivity index (χ3n) is 6.30. The average Bonchev–Trinajstić information content (AvgIpc) is 2.72. The summed E-state index contributed by atoms with van der Waals surface area (Å²) in [5, 5.41) is 8.83. The first-order valence-corrected chi connectivity index (χ1v) is 10.7. The molecule has 0 radical (unpaired) electrons. The standard InChI is InChI=1S/C27H26N2O2/c1-16(30)28-19-11-8-18(9-12-19)26-25-21(14-27(2,3)15-23(25)31)24-20-7-5-4-6-17(20)10-13-22(24)29-26/h4-13,26,29H,14-15H2,1-3H3,(H,28,30). The van der Waals surface area contributed by atoms with Crippen molar-refractivity contribution in [2.45, 2.75) is 39.7 Å². The summed E-state index contributed by atoms with van der Waals surface area (Å²) in [5.41, 5.74) is 6.00. The van der Waals surface area contributed by atoms with Crippen molar-refractivity contribution in [2.75, 3.05) is 10.6 Å². The van der Waals surface area contributed by atoms with Crippen LogP contribution < -0.4 is 10.6 Å². The summed E-state index contributed by atoms with van der Waals surface area (Å²) in [6.07, 6.45) is 1.42. The minimum Gasteiger partial charge on any atom is -0.373 e. The fourth-order valence-corrected chi connectivity index (χ4v) is 5.05. The van der Waals surface area contributed by atoms with Crippen molar-refractivity contribution in [1.82, 2.24) is 0 Å². The lowest BCUT2D eigenvalue weighted by Gasteiger charge is -2.40. The number of benzene rings is 3. The number of carbonyl (C=O) groups is 2. The van der Waals surface area contributed by atoms with E-state index in [2.05, 4.69) is 60.9 Å². The molecule has 0 bridgehead atoms. The zero-order chi connectivity index (χ0) is 21.8. The molecule has 2 aliphatic rings. The number of rotatable bonds is 2. The second-order valence-electron chi connectivity index (χ2n) is 9.42. The predicted molar refractivity (Wildman–Crippen MR) is 126 cm³/mol. The number of fused-ring (bicyclic) bond motifs is 4. The highest BCUT2D eigenvalue weighted by atomic mass is 16.1. The highest BCUT2D eigenvalue weighted by molar-refractivity contribution is 6.12. The molecular weight excluding hydrogens is 384 g/mol. The first-order valence-electron chi connectivity index (χ1n) is 10.7. The lowest BCUT2D eigenvalue weighted by atomic mass is 9.68. The number of carbonyl (C=O) groups excluding carboxylic acids is 2. The Morgan fingerprint density at radius 2 is 1.74 bits per heavy atom. The van der Waals surface area contributed by atoms with E-state index in [1.807, 2.05) is 24.3 Å². The van der Waals surface area contributed by atoms with Crippen LogP contribution in [0, 0.1) is 5.41 Å². The fraction of sp³-hybridized carbons (Fsp3) is 0.259. The SMILES string of the molecule is CC(=O)Nc1ccc(C2Nc3ccc4ccccc4c3C3=C2C(=O)CC(C)(C)C3)cc1. The Morgan fingerprint density at radius 1 is 1.00 bits per heavy atom. The van der Waals surface area contributed by atoms with E-state index in [4.69, 9.17) is 0 Å². The van der Waals surface area contributed by atoms with Crippen molar-refractivity contribution in [3.8, 4) is 0 Å². The molecule has 5 rings (SSSR count). The molecule has 4 heteroatoms. The molecule has 156 valence electrons. The maximum atomic E-state index is 13.4. The lowest BCUT2D eigenvalue weighted by Crippen LogP contribution is -2.33. The van der Waals surface area contributed by atoms with Gasteiger partial charge in [0.1, 0.15) is 0 Å². The van der Waals surface area contributed by atoms with Crippen molar-refractivity contribution in [2.24, 2.45) is 5.41 Å². The highest BCUT2D eigenvalue weighted by Crippen LogP contribution is 2.52. The van der Waals surface area contributed by atoms with Crippen LogP contribution in [0.2, 0.25) is 0 Å². The van der Waals surface area contributed by atoms with Gasteiger partial charge in [0.2, 0.25) is 5.91 Å². The molecule has 3 aromatic carbocycles. The van der Waals surface area contributed by atoms with Gasteiger partial charge in [0.05, 0.1) is 6.04 Å². The van der Waals surface area contributed by atoms with Gasteiger partial charge in [0, 0.05) is 35.9 Å². The number of hydrogen-bond donors (Lipinski definition) is 2. The number of hydrogen-bond acceptors (Lipinski definition) is 3.